The Bertz CT molecular complexity index is 256. The zero-order valence-corrected chi connectivity index (χ0v) is 10.2. The summed E-state index contributed by atoms with van der Waals surface area (Å²) in [6.45, 7) is 2.40. The molecule has 0 unspecified atom stereocenters. The summed E-state index contributed by atoms with van der Waals surface area (Å²) in [7, 11) is 0. The fraction of sp³-hybridized carbons (Fsp3) is 0.833. The van der Waals surface area contributed by atoms with Crippen LogP contribution in [-0.2, 0) is 14.3 Å². The standard InChI is InChI=1S/C12H20O5/c1-2-3-8-16-12(15)17-10-6-4-9(5-7-10)11(13)14/h9-10H,2-8H2,1H3,(H,13,14). The molecule has 1 fully saturated rings. The van der Waals surface area contributed by atoms with Crippen LogP contribution in [0.15, 0.2) is 0 Å². The van der Waals surface area contributed by atoms with Crippen molar-refractivity contribution in [3.8, 4) is 0 Å². The van der Waals surface area contributed by atoms with Crippen LogP contribution in [0.5, 0.6) is 0 Å². The Kier molecular flexibility index (Phi) is 5.80. The van der Waals surface area contributed by atoms with E-state index in [0.29, 0.717) is 32.3 Å². The van der Waals surface area contributed by atoms with Crippen molar-refractivity contribution in [2.24, 2.45) is 5.92 Å². The Labute approximate surface area is 101 Å². The largest absolute Gasteiger partial charge is 0.508 e. The molecule has 1 saturated carbocycles. The number of ether oxygens (including phenoxy) is 2. The molecule has 0 bridgehead atoms. The fourth-order valence-electron chi connectivity index (χ4n) is 1.90. The summed E-state index contributed by atoms with van der Waals surface area (Å²) >= 11 is 0. The van der Waals surface area contributed by atoms with Crippen LogP contribution >= 0.6 is 0 Å². The summed E-state index contributed by atoms with van der Waals surface area (Å²) in [5.41, 5.74) is 0. The molecule has 1 rings (SSSR count). The van der Waals surface area contributed by atoms with E-state index >= 15 is 0 Å². The molecular weight excluding hydrogens is 224 g/mol. The minimum absolute atomic E-state index is 0.181. The van der Waals surface area contributed by atoms with Gasteiger partial charge in [0.15, 0.2) is 0 Å². The van der Waals surface area contributed by atoms with Gasteiger partial charge in [0.25, 0.3) is 0 Å². The third-order valence-corrected chi connectivity index (χ3v) is 3.00. The quantitative estimate of drug-likeness (QED) is 0.594. The molecule has 98 valence electrons. The van der Waals surface area contributed by atoms with Gasteiger partial charge in [-0.25, -0.2) is 4.79 Å². The molecule has 1 aliphatic carbocycles. The molecule has 1 N–H and O–H groups in total. The minimum atomic E-state index is -0.756. The SMILES string of the molecule is CCCCOC(=O)OC1CCC(C(=O)O)CC1. The number of rotatable bonds is 5. The second kappa shape index (κ2) is 7.14. The van der Waals surface area contributed by atoms with E-state index in [4.69, 9.17) is 14.6 Å². The lowest BCUT2D eigenvalue weighted by Gasteiger charge is -2.25. The van der Waals surface area contributed by atoms with Gasteiger partial charge in [-0.05, 0) is 32.1 Å². The van der Waals surface area contributed by atoms with Crippen LogP contribution in [-0.4, -0.2) is 29.9 Å². The van der Waals surface area contributed by atoms with E-state index < -0.39 is 12.1 Å². The van der Waals surface area contributed by atoms with Gasteiger partial charge in [-0.15, -0.1) is 0 Å². The van der Waals surface area contributed by atoms with Crippen molar-refractivity contribution in [1.82, 2.24) is 0 Å². The number of carboxylic acid groups (broad SMARTS) is 1. The van der Waals surface area contributed by atoms with Crippen molar-refractivity contribution in [2.45, 2.75) is 51.6 Å². The minimum Gasteiger partial charge on any atom is -0.481 e. The van der Waals surface area contributed by atoms with Crippen LogP contribution in [0.25, 0.3) is 0 Å². The van der Waals surface area contributed by atoms with Gasteiger partial charge in [-0.1, -0.05) is 13.3 Å². The predicted molar refractivity (Wildman–Crippen MR) is 60.7 cm³/mol. The van der Waals surface area contributed by atoms with Crippen LogP contribution in [0.2, 0.25) is 0 Å². The van der Waals surface area contributed by atoms with Crippen molar-refractivity contribution in [2.75, 3.05) is 6.61 Å². The number of carbonyl (C=O) groups excluding carboxylic acids is 1. The number of hydrogen-bond acceptors (Lipinski definition) is 4. The number of carboxylic acids is 1. The molecular formula is C12H20O5. The molecule has 0 aromatic carbocycles. The molecule has 0 radical (unpaired) electrons. The maximum Gasteiger partial charge on any atom is 0.508 e. The van der Waals surface area contributed by atoms with E-state index in [0.717, 1.165) is 12.8 Å². The summed E-state index contributed by atoms with van der Waals surface area (Å²) in [6, 6.07) is 0. The van der Waals surface area contributed by atoms with Gasteiger partial charge in [0.1, 0.15) is 6.10 Å². The van der Waals surface area contributed by atoms with Crippen LogP contribution < -0.4 is 0 Å². The van der Waals surface area contributed by atoms with E-state index in [1.54, 1.807) is 0 Å². The fourth-order valence-corrected chi connectivity index (χ4v) is 1.90. The smallest absolute Gasteiger partial charge is 0.481 e. The van der Waals surface area contributed by atoms with Crippen molar-refractivity contribution >= 4 is 12.1 Å². The molecule has 1 aliphatic rings. The highest BCUT2D eigenvalue weighted by atomic mass is 16.7. The normalized spacial score (nSPS) is 24.1. The van der Waals surface area contributed by atoms with Crippen LogP contribution in [0, 0.1) is 5.92 Å². The molecule has 0 aromatic rings. The highest BCUT2D eigenvalue weighted by Crippen LogP contribution is 2.26. The van der Waals surface area contributed by atoms with E-state index in [1.165, 1.54) is 0 Å². The van der Waals surface area contributed by atoms with Gasteiger partial charge in [0.05, 0.1) is 12.5 Å². The molecule has 5 heteroatoms. The predicted octanol–water partition coefficient (Wildman–Crippen LogP) is 2.58. The second-order valence-corrected chi connectivity index (χ2v) is 4.38. The summed E-state index contributed by atoms with van der Waals surface area (Å²) in [6.07, 6.45) is 3.36. The number of hydrogen-bond donors (Lipinski definition) is 1. The lowest BCUT2D eigenvalue weighted by Crippen LogP contribution is -2.28. The first-order valence-corrected chi connectivity index (χ1v) is 6.19. The van der Waals surface area contributed by atoms with E-state index in [9.17, 15) is 9.59 Å². The Balaban J connectivity index is 2.17. The summed E-state index contributed by atoms with van der Waals surface area (Å²) in [5, 5.41) is 8.82. The van der Waals surface area contributed by atoms with Gasteiger partial charge < -0.3 is 14.6 Å². The number of unbranched alkanes of at least 4 members (excludes halogenated alkanes) is 1. The number of aliphatic carboxylic acids is 1. The van der Waals surface area contributed by atoms with Crippen LogP contribution in [0.1, 0.15) is 45.4 Å². The lowest BCUT2D eigenvalue weighted by atomic mass is 9.87. The topological polar surface area (TPSA) is 72.8 Å². The number of carbonyl (C=O) groups is 2. The first-order valence-electron chi connectivity index (χ1n) is 6.19. The molecule has 17 heavy (non-hydrogen) atoms. The Hall–Kier alpha value is -1.26. The molecule has 0 heterocycles. The Morgan fingerprint density at radius 2 is 1.88 bits per heavy atom. The summed E-state index contributed by atoms with van der Waals surface area (Å²) in [5.74, 6) is -1.04. The molecule has 0 saturated heterocycles. The van der Waals surface area contributed by atoms with Gasteiger partial charge in [-0.2, -0.15) is 0 Å². The summed E-state index contributed by atoms with van der Waals surface area (Å²) in [4.78, 5) is 22.0. The van der Waals surface area contributed by atoms with Gasteiger partial charge in [0.2, 0.25) is 0 Å². The zero-order chi connectivity index (χ0) is 12.7. The highest BCUT2D eigenvalue weighted by molar-refractivity contribution is 5.70. The Morgan fingerprint density at radius 1 is 1.24 bits per heavy atom. The lowest BCUT2D eigenvalue weighted by molar-refractivity contribution is -0.143. The zero-order valence-electron chi connectivity index (χ0n) is 10.2. The second-order valence-electron chi connectivity index (χ2n) is 4.38. The van der Waals surface area contributed by atoms with Gasteiger partial charge in [-0.3, -0.25) is 4.79 Å². The molecule has 0 aliphatic heterocycles. The van der Waals surface area contributed by atoms with Crippen molar-refractivity contribution in [3.63, 3.8) is 0 Å². The maximum absolute atomic E-state index is 11.2. The van der Waals surface area contributed by atoms with E-state index in [-0.39, 0.29) is 12.0 Å². The first-order chi connectivity index (χ1) is 8.13. The third kappa shape index (κ3) is 5.06. The molecule has 0 spiro atoms. The third-order valence-electron chi connectivity index (χ3n) is 3.00. The van der Waals surface area contributed by atoms with Crippen LogP contribution in [0.4, 0.5) is 4.79 Å². The van der Waals surface area contributed by atoms with Crippen molar-refractivity contribution < 1.29 is 24.2 Å². The average molecular weight is 244 g/mol. The summed E-state index contributed by atoms with van der Waals surface area (Å²) < 4.78 is 9.99. The molecule has 5 nitrogen and oxygen atoms in total. The van der Waals surface area contributed by atoms with Crippen molar-refractivity contribution in [3.05, 3.63) is 0 Å². The Morgan fingerprint density at radius 3 is 2.41 bits per heavy atom. The first kappa shape index (κ1) is 13.8. The van der Waals surface area contributed by atoms with E-state index in [1.807, 2.05) is 6.92 Å². The monoisotopic (exact) mass is 244 g/mol. The maximum atomic E-state index is 11.2. The molecule has 0 atom stereocenters. The molecule has 0 aromatic heterocycles. The van der Waals surface area contributed by atoms with Crippen LogP contribution in [0.3, 0.4) is 0 Å². The average Bonchev–Trinajstić information content (AvgIpc) is 2.30. The highest BCUT2D eigenvalue weighted by Gasteiger charge is 2.28. The van der Waals surface area contributed by atoms with Crippen molar-refractivity contribution in [1.29, 1.82) is 0 Å². The van der Waals surface area contributed by atoms with Gasteiger partial charge >= 0.3 is 12.1 Å². The molecule has 0 amide bonds. The van der Waals surface area contributed by atoms with Gasteiger partial charge in [0, 0.05) is 0 Å². The van der Waals surface area contributed by atoms with E-state index in [2.05, 4.69) is 0 Å².